The molecule has 16 heavy (non-hydrogen) atoms. The molecular weight excluding hydrogens is 200 g/mol. The summed E-state index contributed by atoms with van der Waals surface area (Å²) in [6.45, 7) is 6.35. The molecule has 0 radical (unpaired) electrons. The van der Waals surface area contributed by atoms with Gasteiger partial charge in [0.1, 0.15) is 0 Å². The fourth-order valence-corrected chi connectivity index (χ4v) is 2.88. The molecule has 2 saturated carbocycles. The second kappa shape index (κ2) is 3.29. The van der Waals surface area contributed by atoms with E-state index < -0.39 is 0 Å². The van der Waals surface area contributed by atoms with Gasteiger partial charge >= 0.3 is 0 Å². The SMILES string of the molecule is CC1(C)[C@H](CN)[C@H]1c1cn(CC2CC2)nn1. The van der Waals surface area contributed by atoms with Gasteiger partial charge in [-0.1, -0.05) is 19.1 Å². The van der Waals surface area contributed by atoms with Crippen molar-refractivity contribution in [3.63, 3.8) is 0 Å². The first-order valence-corrected chi connectivity index (χ1v) is 6.23. The minimum Gasteiger partial charge on any atom is -0.330 e. The Hall–Kier alpha value is -0.900. The summed E-state index contributed by atoms with van der Waals surface area (Å²) in [5, 5.41) is 8.53. The Morgan fingerprint density at radius 3 is 2.81 bits per heavy atom. The number of nitrogens with zero attached hydrogens (tertiary/aromatic N) is 3. The standard InChI is InChI=1S/C12H20N4/c1-12(2)9(5-13)11(12)10-7-16(15-14-10)6-8-3-4-8/h7-9,11H,3-6,13H2,1-2H3/t9-,11+/m1/s1. The molecule has 0 spiro atoms. The van der Waals surface area contributed by atoms with Crippen molar-refractivity contribution in [3.05, 3.63) is 11.9 Å². The molecule has 1 aromatic rings. The molecule has 2 aliphatic carbocycles. The van der Waals surface area contributed by atoms with Crippen LogP contribution in [0, 0.1) is 17.3 Å². The maximum Gasteiger partial charge on any atom is 0.0866 e. The van der Waals surface area contributed by atoms with Gasteiger partial charge in [-0.25, -0.2) is 0 Å². The Morgan fingerprint density at radius 2 is 2.25 bits per heavy atom. The van der Waals surface area contributed by atoms with Gasteiger partial charge in [0.2, 0.25) is 0 Å². The van der Waals surface area contributed by atoms with Crippen LogP contribution in [0.3, 0.4) is 0 Å². The van der Waals surface area contributed by atoms with Gasteiger partial charge in [0.05, 0.1) is 5.69 Å². The molecule has 0 bridgehead atoms. The molecule has 88 valence electrons. The topological polar surface area (TPSA) is 56.7 Å². The lowest BCUT2D eigenvalue weighted by molar-refractivity contribution is 0.544. The van der Waals surface area contributed by atoms with Crippen LogP contribution in [0.2, 0.25) is 0 Å². The Balaban J connectivity index is 1.72. The molecule has 3 rings (SSSR count). The Labute approximate surface area is 96.2 Å². The Morgan fingerprint density at radius 1 is 1.50 bits per heavy atom. The zero-order chi connectivity index (χ0) is 11.3. The van der Waals surface area contributed by atoms with Crippen LogP contribution in [0.25, 0.3) is 0 Å². The van der Waals surface area contributed by atoms with Crippen LogP contribution < -0.4 is 5.73 Å². The number of aromatic nitrogens is 3. The van der Waals surface area contributed by atoms with Crippen LogP contribution in [0.4, 0.5) is 0 Å². The van der Waals surface area contributed by atoms with Crippen molar-refractivity contribution < 1.29 is 0 Å². The van der Waals surface area contributed by atoms with Crippen LogP contribution >= 0.6 is 0 Å². The first kappa shape index (κ1) is 10.3. The van der Waals surface area contributed by atoms with Crippen LogP contribution in [0.15, 0.2) is 6.20 Å². The number of rotatable bonds is 4. The molecule has 0 saturated heterocycles. The molecule has 2 N–H and O–H groups in total. The highest BCUT2D eigenvalue weighted by molar-refractivity contribution is 5.23. The van der Waals surface area contributed by atoms with E-state index in [4.69, 9.17) is 5.73 Å². The summed E-state index contributed by atoms with van der Waals surface area (Å²) >= 11 is 0. The number of nitrogens with two attached hydrogens (primary N) is 1. The molecular formula is C12H20N4. The molecule has 2 atom stereocenters. The van der Waals surface area contributed by atoms with Gasteiger partial charge < -0.3 is 5.73 Å². The summed E-state index contributed by atoms with van der Waals surface area (Å²) in [6, 6.07) is 0. The average Bonchev–Trinajstić information content (AvgIpc) is 3.06. The summed E-state index contributed by atoms with van der Waals surface area (Å²) in [5.41, 5.74) is 7.23. The van der Waals surface area contributed by atoms with E-state index >= 15 is 0 Å². The summed E-state index contributed by atoms with van der Waals surface area (Å²) in [4.78, 5) is 0. The van der Waals surface area contributed by atoms with Crippen molar-refractivity contribution in [2.45, 2.75) is 39.2 Å². The first-order chi connectivity index (χ1) is 7.63. The molecule has 2 aliphatic rings. The maximum atomic E-state index is 5.78. The van der Waals surface area contributed by atoms with Gasteiger partial charge in [-0.3, -0.25) is 4.68 Å². The maximum absolute atomic E-state index is 5.78. The third kappa shape index (κ3) is 1.56. The molecule has 4 nitrogen and oxygen atoms in total. The average molecular weight is 220 g/mol. The molecule has 0 amide bonds. The highest BCUT2D eigenvalue weighted by Gasteiger charge is 2.58. The highest BCUT2D eigenvalue weighted by atomic mass is 15.4. The molecule has 2 fully saturated rings. The van der Waals surface area contributed by atoms with Crippen LogP contribution in [-0.2, 0) is 6.54 Å². The highest BCUT2D eigenvalue weighted by Crippen LogP contribution is 2.63. The van der Waals surface area contributed by atoms with Crippen molar-refractivity contribution in [1.29, 1.82) is 0 Å². The second-order valence-corrected chi connectivity index (χ2v) is 5.95. The van der Waals surface area contributed by atoms with E-state index in [2.05, 4.69) is 30.4 Å². The predicted octanol–water partition coefficient (Wildman–Crippen LogP) is 1.39. The van der Waals surface area contributed by atoms with Crippen LogP contribution in [0.5, 0.6) is 0 Å². The van der Waals surface area contributed by atoms with Crippen LogP contribution in [-0.4, -0.2) is 21.5 Å². The van der Waals surface area contributed by atoms with E-state index in [0.29, 0.717) is 17.3 Å². The van der Waals surface area contributed by atoms with Crippen molar-refractivity contribution in [2.75, 3.05) is 6.54 Å². The smallest absolute Gasteiger partial charge is 0.0866 e. The van der Waals surface area contributed by atoms with Gasteiger partial charge in [-0.15, -0.1) is 5.10 Å². The lowest BCUT2D eigenvalue weighted by Crippen LogP contribution is -2.05. The fourth-order valence-electron chi connectivity index (χ4n) is 2.88. The minimum atomic E-state index is 0.315. The molecule has 1 aromatic heterocycles. The first-order valence-electron chi connectivity index (χ1n) is 6.23. The molecule has 1 heterocycles. The fraction of sp³-hybridized carbons (Fsp3) is 0.833. The lowest BCUT2D eigenvalue weighted by Gasteiger charge is -1.98. The van der Waals surface area contributed by atoms with E-state index in [1.54, 1.807) is 0 Å². The number of hydrogen-bond donors (Lipinski definition) is 1. The quantitative estimate of drug-likeness (QED) is 0.834. The Kier molecular flexibility index (Phi) is 2.11. The van der Waals surface area contributed by atoms with Crippen molar-refractivity contribution in [2.24, 2.45) is 23.0 Å². The van der Waals surface area contributed by atoms with Gasteiger partial charge in [-0.2, -0.15) is 0 Å². The summed E-state index contributed by atoms with van der Waals surface area (Å²) in [5.74, 6) is 1.95. The molecule has 0 aromatic carbocycles. The molecule has 4 heteroatoms. The van der Waals surface area contributed by atoms with Gasteiger partial charge in [0.15, 0.2) is 0 Å². The summed E-state index contributed by atoms with van der Waals surface area (Å²) in [7, 11) is 0. The van der Waals surface area contributed by atoms with E-state index in [1.807, 2.05) is 4.68 Å². The van der Waals surface area contributed by atoms with Crippen molar-refractivity contribution >= 4 is 0 Å². The molecule has 0 aliphatic heterocycles. The van der Waals surface area contributed by atoms with E-state index in [-0.39, 0.29) is 0 Å². The largest absolute Gasteiger partial charge is 0.330 e. The van der Waals surface area contributed by atoms with E-state index in [9.17, 15) is 0 Å². The summed E-state index contributed by atoms with van der Waals surface area (Å²) in [6.07, 6.45) is 4.84. The van der Waals surface area contributed by atoms with Crippen LogP contribution in [0.1, 0.15) is 38.3 Å². The third-order valence-electron chi connectivity index (χ3n) is 4.32. The zero-order valence-electron chi connectivity index (χ0n) is 10.1. The van der Waals surface area contributed by atoms with E-state index in [1.165, 1.54) is 12.8 Å². The second-order valence-electron chi connectivity index (χ2n) is 5.95. The van der Waals surface area contributed by atoms with Gasteiger partial charge in [0.25, 0.3) is 0 Å². The third-order valence-corrected chi connectivity index (χ3v) is 4.32. The molecule has 0 unspecified atom stereocenters. The number of hydrogen-bond acceptors (Lipinski definition) is 3. The summed E-state index contributed by atoms with van der Waals surface area (Å²) < 4.78 is 2.01. The minimum absolute atomic E-state index is 0.315. The Bertz CT molecular complexity index is 391. The zero-order valence-corrected chi connectivity index (χ0v) is 10.1. The normalized spacial score (nSPS) is 31.7. The van der Waals surface area contributed by atoms with E-state index in [0.717, 1.165) is 24.7 Å². The van der Waals surface area contributed by atoms with Crippen molar-refractivity contribution in [1.82, 2.24) is 15.0 Å². The van der Waals surface area contributed by atoms with Crippen molar-refractivity contribution in [3.8, 4) is 0 Å². The lowest BCUT2D eigenvalue weighted by atomic mass is 10.1. The monoisotopic (exact) mass is 220 g/mol. The predicted molar refractivity (Wildman–Crippen MR) is 61.8 cm³/mol. The van der Waals surface area contributed by atoms with Gasteiger partial charge in [0, 0.05) is 18.7 Å². The van der Waals surface area contributed by atoms with Gasteiger partial charge in [-0.05, 0) is 36.6 Å².